The van der Waals surface area contributed by atoms with Crippen molar-refractivity contribution in [2.75, 3.05) is 6.61 Å². The van der Waals surface area contributed by atoms with Gasteiger partial charge in [-0.1, -0.05) is 84.0 Å². The van der Waals surface area contributed by atoms with E-state index >= 15 is 0 Å². The Hall–Kier alpha value is -2.55. The highest BCUT2D eigenvalue weighted by molar-refractivity contribution is 5.41. The number of aromatic nitrogens is 2. The molecule has 5 rings (SSSR count). The molecule has 0 saturated heterocycles. The van der Waals surface area contributed by atoms with E-state index < -0.39 is 0 Å². The highest BCUT2D eigenvalue weighted by Crippen LogP contribution is 2.40. The molecule has 3 heterocycles. The van der Waals surface area contributed by atoms with Gasteiger partial charge in [0.1, 0.15) is 5.75 Å². The van der Waals surface area contributed by atoms with Crippen LogP contribution in [-0.4, -0.2) is 16.4 Å². The standard InChI is InChI=1S/C33H44N2O/c1-23(24(2)26-13-15-30-27(19-26)16-17-36-30)18-25-12-14-29-20-31(34-35(29)21-25)33(5,6)22-32(3,4)28-10-8-7-9-11-28/h7-11,13,15,19-20,23-25H,12,14,16-18,21-22H2,1-6H3. The van der Waals surface area contributed by atoms with Crippen LogP contribution in [0.4, 0.5) is 0 Å². The van der Waals surface area contributed by atoms with Crippen LogP contribution >= 0.6 is 0 Å². The van der Waals surface area contributed by atoms with Gasteiger partial charge in [0.25, 0.3) is 0 Å². The van der Waals surface area contributed by atoms with E-state index in [0.717, 1.165) is 38.2 Å². The smallest absolute Gasteiger partial charge is 0.122 e. The van der Waals surface area contributed by atoms with Gasteiger partial charge in [0.2, 0.25) is 0 Å². The molecule has 1 aromatic heterocycles. The minimum Gasteiger partial charge on any atom is -0.493 e. The molecule has 3 unspecified atom stereocenters. The minimum atomic E-state index is 0.0261. The van der Waals surface area contributed by atoms with Gasteiger partial charge in [-0.15, -0.1) is 0 Å². The second kappa shape index (κ2) is 9.72. The molecule has 0 radical (unpaired) electrons. The number of aryl methyl sites for hydroxylation is 1. The lowest BCUT2D eigenvalue weighted by Gasteiger charge is -2.34. The largest absolute Gasteiger partial charge is 0.493 e. The summed E-state index contributed by atoms with van der Waals surface area (Å²) in [6, 6.07) is 20.2. The summed E-state index contributed by atoms with van der Waals surface area (Å²) in [5.41, 5.74) is 7.06. The van der Waals surface area contributed by atoms with E-state index in [-0.39, 0.29) is 10.8 Å². The maximum Gasteiger partial charge on any atom is 0.122 e. The summed E-state index contributed by atoms with van der Waals surface area (Å²) < 4.78 is 8.05. The van der Waals surface area contributed by atoms with Crippen molar-refractivity contribution in [3.05, 3.63) is 82.7 Å². The van der Waals surface area contributed by atoms with Gasteiger partial charge < -0.3 is 4.74 Å². The van der Waals surface area contributed by atoms with Gasteiger partial charge in [-0.3, -0.25) is 4.68 Å². The van der Waals surface area contributed by atoms with Crippen molar-refractivity contribution in [3.8, 4) is 5.75 Å². The molecule has 0 spiro atoms. The van der Waals surface area contributed by atoms with Crippen LogP contribution in [0.1, 0.15) is 94.8 Å². The molecule has 0 N–H and O–H groups in total. The lowest BCUT2D eigenvalue weighted by molar-refractivity contribution is 0.269. The Labute approximate surface area is 218 Å². The fraction of sp³-hybridized carbons (Fsp3) is 0.545. The molecule has 0 amide bonds. The molecule has 0 bridgehead atoms. The average molecular weight is 485 g/mol. The maximum absolute atomic E-state index is 5.71. The van der Waals surface area contributed by atoms with Gasteiger partial charge in [0.05, 0.1) is 12.3 Å². The lowest BCUT2D eigenvalue weighted by atomic mass is 9.70. The Morgan fingerprint density at radius 2 is 1.75 bits per heavy atom. The van der Waals surface area contributed by atoms with E-state index in [9.17, 15) is 0 Å². The van der Waals surface area contributed by atoms with E-state index in [1.807, 2.05) is 0 Å². The summed E-state index contributed by atoms with van der Waals surface area (Å²) in [6.45, 7) is 16.2. The summed E-state index contributed by atoms with van der Waals surface area (Å²) >= 11 is 0. The van der Waals surface area contributed by atoms with E-state index in [4.69, 9.17) is 9.84 Å². The molecule has 36 heavy (non-hydrogen) atoms. The van der Waals surface area contributed by atoms with Gasteiger partial charge in [-0.25, -0.2) is 0 Å². The average Bonchev–Trinajstić information content (AvgIpc) is 3.50. The third-order valence-corrected chi connectivity index (χ3v) is 9.03. The normalized spacial score (nSPS) is 19.3. The molecule has 0 fully saturated rings. The number of hydrogen-bond acceptors (Lipinski definition) is 2. The minimum absolute atomic E-state index is 0.0261. The first-order valence-corrected chi connectivity index (χ1v) is 14.0. The van der Waals surface area contributed by atoms with Crippen molar-refractivity contribution >= 4 is 0 Å². The first kappa shape index (κ1) is 25.1. The van der Waals surface area contributed by atoms with Crippen molar-refractivity contribution < 1.29 is 4.74 Å². The van der Waals surface area contributed by atoms with Gasteiger partial charge in [-0.2, -0.15) is 5.10 Å². The Balaban J connectivity index is 1.24. The van der Waals surface area contributed by atoms with Crippen LogP contribution in [0.2, 0.25) is 0 Å². The summed E-state index contributed by atoms with van der Waals surface area (Å²) in [7, 11) is 0. The molecule has 0 saturated carbocycles. The number of ether oxygens (including phenoxy) is 1. The van der Waals surface area contributed by atoms with Crippen LogP contribution in [-0.2, 0) is 30.2 Å². The molecule has 0 aliphatic carbocycles. The first-order chi connectivity index (χ1) is 17.1. The summed E-state index contributed by atoms with van der Waals surface area (Å²) in [6.07, 6.45) is 5.80. The van der Waals surface area contributed by atoms with Crippen molar-refractivity contribution in [1.29, 1.82) is 0 Å². The lowest BCUT2D eigenvalue weighted by Crippen LogP contribution is -2.30. The van der Waals surface area contributed by atoms with Crippen LogP contribution in [0.15, 0.2) is 54.6 Å². The zero-order valence-corrected chi connectivity index (χ0v) is 23.2. The quantitative estimate of drug-likeness (QED) is 0.325. The molecule has 3 nitrogen and oxygen atoms in total. The summed E-state index contributed by atoms with van der Waals surface area (Å²) in [5.74, 6) is 2.99. The fourth-order valence-electron chi connectivity index (χ4n) is 6.76. The fourth-order valence-corrected chi connectivity index (χ4v) is 6.76. The number of benzene rings is 2. The van der Waals surface area contributed by atoms with Gasteiger partial charge in [0.15, 0.2) is 0 Å². The van der Waals surface area contributed by atoms with E-state index in [1.165, 1.54) is 40.9 Å². The topological polar surface area (TPSA) is 27.1 Å². The number of rotatable bonds is 8. The first-order valence-electron chi connectivity index (χ1n) is 14.0. The van der Waals surface area contributed by atoms with Crippen molar-refractivity contribution in [1.82, 2.24) is 9.78 Å². The maximum atomic E-state index is 5.71. The van der Waals surface area contributed by atoms with Gasteiger partial charge in [0, 0.05) is 24.1 Å². The van der Waals surface area contributed by atoms with Crippen LogP contribution in [0.5, 0.6) is 5.75 Å². The Kier molecular flexibility index (Phi) is 6.78. The van der Waals surface area contributed by atoms with Crippen LogP contribution in [0.3, 0.4) is 0 Å². The highest BCUT2D eigenvalue weighted by Gasteiger charge is 2.35. The molecule has 192 valence electrons. The van der Waals surface area contributed by atoms with Gasteiger partial charge in [-0.05, 0) is 77.7 Å². The van der Waals surface area contributed by atoms with Gasteiger partial charge >= 0.3 is 0 Å². The number of nitrogens with zero attached hydrogens (tertiary/aromatic N) is 2. The molecular weight excluding hydrogens is 440 g/mol. The number of fused-ring (bicyclic) bond motifs is 2. The molecule has 2 aliphatic heterocycles. The second-order valence-electron chi connectivity index (χ2n) is 12.9. The third kappa shape index (κ3) is 5.12. The highest BCUT2D eigenvalue weighted by atomic mass is 16.5. The molecular formula is C33H44N2O. The van der Waals surface area contributed by atoms with Crippen LogP contribution in [0.25, 0.3) is 0 Å². The molecule has 3 heteroatoms. The Morgan fingerprint density at radius 1 is 0.972 bits per heavy atom. The van der Waals surface area contributed by atoms with Crippen LogP contribution in [0, 0.1) is 11.8 Å². The van der Waals surface area contributed by atoms with Crippen molar-refractivity contribution in [2.45, 2.75) is 96.9 Å². The monoisotopic (exact) mass is 484 g/mol. The van der Waals surface area contributed by atoms with E-state index in [2.05, 4.69) is 101 Å². The van der Waals surface area contributed by atoms with Crippen molar-refractivity contribution in [2.24, 2.45) is 11.8 Å². The third-order valence-electron chi connectivity index (χ3n) is 9.03. The molecule has 3 atom stereocenters. The Morgan fingerprint density at radius 3 is 2.53 bits per heavy atom. The predicted molar refractivity (Wildman–Crippen MR) is 149 cm³/mol. The SMILES string of the molecule is CC(CC1CCc2cc(C(C)(C)CC(C)(C)c3ccccc3)nn2C1)C(C)c1ccc2c(c1)CCO2. The van der Waals surface area contributed by atoms with Crippen LogP contribution < -0.4 is 4.74 Å². The zero-order chi connectivity index (χ0) is 25.5. The van der Waals surface area contributed by atoms with Crippen molar-refractivity contribution in [3.63, 3.8) is 0 Å². The molecule has 3 aromatic rings. The van der Waals surface area contributed by atoms with E-state index in [0.29, 0.717) is 17.8 Å². The summed E-state index contributed by atoms with van der Waals surface area (Å²) in [4.78, 5) is 0. The second-order valence-corrected chi connectivity index (χ2v) is 12.9. The summed E-state index contributed by atoms with van der Waals surface area (Å²) in [5, 5.41) is 5.20. The Bertz CT molecular complexity index is 1190. The predicted octanol–water partition coefficient (Wildman–Crippen LogP) is 7.86. The zero-order valence-electron chi connectivity index (χ0n) is 23.2. The molecule has 2 aliphatic rings. The van der Waals surface area contributed by atoms with E-state index in [1.54, 1.807) is 0 Å². The number of hydrogen-bond donors (Lipinski definition) is 0. The molecule has 2 aromatic carbocycles.